The van der Waals surface area contributed by atoms with Gasteiger partial charge in [-0.25, -0.2) is 0 Å². The maximum absolute atomic E-state index is 9.21. The first-order valence-corrected chi connectivity index (χ1v) is 5.76. The summed E-state index contributed by atoms with van der Waals surface area (Å²) in [5, 5.41) is 9.21. The fourth-order valence-corrected chi connectivity index (χ4v) is 1.84. The van der Waals surface area contributed by atoms with E-state index in [1.807, 2.05) is 31.2 Å². The van der Waals surface area contributed by atoms with Gasteiger partial charge in [0, 0.05) is 11.5 Å². The first-order valence-electron chi connectivity index (χ1n) is 5.76. The van der Waals surface area contributed by atoms with Crippen molar-refractivity contribution in [2.45, 2.75) is 19.3 Å². The molecule has 0 radical (unpaired) electrons. The largest absolute Gasteiger partial charge is 0.497 e. The Morgan fingerprint density at radius 1 is 1.35 bits per heavy atom. The van der Waals surface area contributed by atoms with E-state index in [2.05, 4.69) is 0 Å². The first-order chi connectivity index (χ1) is 8.24. The molecule has 94 valence electrons. The molecule has 0 aromatic heterocycles. The highest BCUT2D eigenvalue weighted by molar-refractivity contribution is 5.27. The molecule has 0 aliphatic carbocycles. The molecule has 0 bridgehead atoms. The van der Waals surface area contributed by atoms with E-state index in [1.165, 1.54) is 0 Å². The molecule has 2 rings (SSSR count). The number of benzene rings is 1. The molecule has 1 aromatic rings. The van der Waals surface area contributed by atoms with Gasteiger partial charge in [0.15, 0.2) is 6.29 Å². The summed E-state index contributed by atoms with van der Waals surface area (Å²) in [5.74, 6) is 1.02. The molecule has 1 N–H and O–H groups in total. The van der Waals surface area contributed by atoms with Crippen LogP contribution in [-0.4, -0.2) is 31.5 Å². The van der Waals surface area contributed by atoms with Crippen molar-refractivity contribution in [1.82, 2.24) is 0 Å². The molecule has 1 aliphatic heterocycles. The number of methoxy groups -OCH3 is 1. The van der Waals surface area contributed by atoms with Gasteiger partial charge >= 0.3 is 0 Å². The Bertz CT molecular complexity index is 349. The summed E-state index contributed by atoms with van der Waals surface area (Å²) >= 11 is 0. The van der Waals surface area contributed by atoms with Crippen LogP contribution in [0.1, 0.15) is 18.8 Å². The fraction of sp³-hybridized carbons (Fsp3) is 0.538. The summed E-state index contributed by atoms with van der Waals surface area (Å²) in [5.41, 5.74) is 0.941. The van der Waals surface area contributed by atoms with Gasteiger partial charge in [0.05, 0.1) is 26.4 Å². The molecule has 17 heavy (non-hydrogen) atoms. The Kier molecular flexibility index (Phi) is 3.99. The van der Waals surface area contributed by atoms with E-state index < -0.39 is 6.29 Å². The van der Waals surface area contributed by atoms with Gasteiger partial charge in [0.1, 0.15) is 5.75 Å². The molecule has 4 heteroatoms. The van der Waals surface area contributed by atoms with Crippen LogP contribution < -0.4 is 4.74 Å². The van der Waals surface area contributed by atoms with Crippen LogP contribution in [0.5, 0.6) is 5.75 Å². The second-order valence-electron chi connectivity index (χ2n) is 4.27. The highest BCUT2D eigenvalue weighted by Gasteiger charge is 2.29. The standard InChI is InChI=1S/C13H18O4/c1-9-8-16-13(17-12(9)7-14)10-3-5-11(15-2)6-4-10/h3-6,9,12-14H,7-8H2,1-2H3/t9-,12-,13+/m0/s1. The van der Waals surface area contributed by atoms with E-state index in [0.717, 1.165) is 11.3 Å². The quantitative estimate of drug-likeness (QED) is 0.871. The summed E-state index contributed by atoms with van der Waals surface area (Å²) in [7, 11) is 1.63. The summed E-state index contributed by atoms with van der Waals surface area (Å²) in [4.78, 5) is 0. The molecule has 1 saturated heterocycles. The Morgan fingerprint density at radius 3 is 2.65 bits per heavy atom. The first kappa shape index (κ1) is 12.4. The van der Waals surface area contributed by atoms with Crippen LogP contribution in [0.15, 0.2) is 24.3 Å². The van der Waals surface area contributed by atoms with Crippen molar-refractivity contribution in [3.05, 3.63) is 29.8 Å². The summed E-state index contributed by atoms with van der Waals surface area (Å²) in [6.45, 7) is 2.63. The van der Waals surface area contributed by atoms with Crippen LogP contribution in [0.3, 0.4) is 0 Å². The normalized spacial score (nSPS) is 29.0. The molecule has 0 unspecified atom stereocenters. The topological polar surface area (TPSA) is 47.9 Å². The van der Waals surface area contributed by atoms with Gasteiger partial charge in [-0.15, -0.1) is 0 Å². The second kappa shape index (κ2) is 5.49. The van der Waals surface area contributed by atoms with E-state index in [-0.39, 0.29) is 18.6 Å². The molecule has 3 atom stereocenters. The highest BCUT2D eigenvalue weighted by Crippen LogP contribution is 2.29. The lowest BCUT2D eigenvalue weighted by atomic mass is 10.0. The van der Waals surface area contributed by atoms with Crippen molar-refractivity contribution >= 4 is 0 Å². The number of aliphatic hydroxyl groups excluding tert-OH is 1. The predicted octanol–water partition coefficient (Wildman–Crippen LogP) is 1.74. The number of hydrogen-bond acceptors (Lipinski definition) is 4. The Balaban J connectivity index is 2.06. The molecule has 0 amide bonds. The van der Waals surface area contributed by atoms with E-state index in [9.17, 15) is 5.11 Å². The van der Waals surface area contributed by atoms with Gasteiger partial charge in [-0.3, -0.25) is 0 Å². The van der Waals surface area contributed by atoms with Gasteiger partial charge in [-0.2, -0.15) is 0 Å². The highest BCUT2D eigenvalue weighted by atomic mass is 16.7. The van der Waals surface area contributed by atoms with Crippen molar-refractivity contribution in [1.29, 1.82) is 0 Å². The minimum Gasteiger partial charge on any atom is -0.497 e. The van der Waals surface area contributed by atoms with Gasteiger partial charge in [0.2, 0.25) is 0 Å². The van der Waals surface area contributed by atoms with E-state index in [4.69, 9.17) is 14.2 Å². The number of aliphatic hydroxyl groups is 1. The average Bonchev–Trinajstić information content (AvgIpc) is 2.39. The number of hydrogen-bond donors (Lipinski definition) is 1. The van der Waals surface area contributed by atoms with Gasteiger partial charge in [-0.05, 0) is 12.1 Å². The fourth-order valence-electron chi connectivity index (χ4n) is 1.84. The lowest BCUT2D eigenvalue weighted by Crippen LogP contribution is -2.36. The Labute approximate surface area is 101 Å². The van der Waals surface area contributed by atoms with Crippen LogP contribution in [0, 0.1) is 5.92 Å². The van der Waals surface area contributed by atoms with E-state index in [1.54, 1.807) is 7.11 Å². The van der Waals surface area contributed by atoms with Crippen molar-refractivity contribution in [3.63, 3.8) is 0 Å². The van der Waals surface area contributed by atoms with Crippen LogP contribution in [0.2, 0.25) is 0 Å². The van der Waals surface area contributed by atoms with Crippen LogP contribution >= 0.6 is 0 Å². The monoisotopic (exact) mass is 238 g/mol. The average molecular weight is 238 g/mol. The lowest BCUT2D eigenvalue weighted by Gasteiger charge is -2.34. The van der Waals surface area contributed by atoms with Crippen LogP contribution in [0.4, 0.5) is 0 Å². The third-order valence-electron chi connectivity index (χ3n) is 3.01. The van der Waals surface area contributed by atoms with E-state index in [0.29, 0.717) is 6.61 Å². The van der Waals surface area contributed by atoms with Crippen molar-refractivity contribution in [2.75, 3.05) is 20.3 Å². The molecular formula is C13H18O4. The van der Waals surface area contributed by atoms with Gasteiger partial charge in [-0.1, -0.05) is 19.1 Å². The molecular weight excluding hydrogens is 220 g/mol. The van der Waals surface area contributed by atoms with Crippen molar-refractivity contribution in [3.8, 4) is 5.75 Å². The number of ether oxygens (including phenoxy) is 3. The lowest BCUT2D eigenvalue weighted by molar-refractivity contribution is -0.245. The minimum absolute atomic E-state index is 0.0250. The molecule has 1 aliphatic rings. The second-order valence-corrected chi connectivity index (χ2v) is 4.27. The molecule has 1 aromatic carbocycles. The third kappa shape index (κ3) is 2.77. The minimum atomic E-state index is -0.394. The van der Waals surface area contributed by atoms with E-state index >= 15 is 0 Å². The zero-order valence-corrected chi connectivity index (χ0v) is 10.1. The maximum Gasteiger partial charge on any atom is 0.184 e. The summed E-state index contributed by atoms with van der Waals surface area (Å²) < 4.78 is 16.4. The van der Waals surface area contributed by atoms with Crippen molar-refractivity contribution < 1.29 is 19.3 Å². The molecule has 0 saturated carbocycles. The van der Waals surface area contributed by atoms with Crippen molar-refractivity contribution in [2.24, 2.45) is 5.92 Å². The predicted molar refractivity (Wildman–Crippen MR) is 62.8 cm³/mol. The Morgan fingerprint density at radius 2 is 2.06 bits per heavy atom. The molecule has 4 nitrogen and oxygen atoms in total. The number of rotatable bonds is 3. The Hall–Kier alpha value is -1.10. The zero-order chi connectivity index (χ0) is 12.3. The maximum atomic E-state index is 9.21. The van der Waals surface area contributed by atoms with Crippen LogP contribution in [0.25, 0.3) is 0 Å². The molecule has 1 fully saturated rings. The SMILES string of the molecule is COc1ccc([C@@H]2OC[C@H](C)[C@H](CO)O2)cc1. The van der Waals surface area contributed by atoms with Gasteiger partial charge < -0.3 is 19.3 Å². The summed E-state index contributed by atoms with van der Waals surface area (Å²) in [6, 6.07) is 7.56. The van der Waals surface area contributed by atoms with Crippen LogP contribution in [-0.2, 0) is 9.47 Å². The summed E-state index contributed by atoms with van der Waals surface area (Å²) in [6.07, 6.45) is -0.551. The third-order valence-corrected chi connectivity index (χ3v) is 3.01. The molecule has 1 heterocycles. The molecule has 0 spiro atoms. The zero-order valence-electron chi connectivity index (χ0n) is 10.1. The van der Waals surface area contributed by atoms with Gasteiger partial charge in [0.25, 0.3) is 0 Å². The smallest absolute Gasteiger partial charge is 0.184 e.